The van der Waals surface area contributed by atoms with Gasteiger partial charge in [-0.15, -0.1) is 0 Å². The van der Waals surface area contributed by atoms with Gasteiger partial charge in [0.15, 0.2) is 0 Å². The molecule has 0 radical (unpaired) electrons. The van der Waals surface area contributed by atoms with Crippen LogP contribution < -0.4 is 5.32 Å². The number of hydrogen-bond donors (Lipinski definition) is 1. The highest BCUT2D eigenvalue weighted by molar-refractivity contribution is 5.81. The molecule has 0 aromatic rings. The van der Waals surface area contributed by atoms with Gasteiger partial charge in [-0.05, 0) is 166 Å². The topological polar surface area (TPSA) is 36.8 Å². The molecule has 1 N–H and O–H groups in total. The molecule has 1 heterocycles. The molecule has 1 aliphatic heterocycles. The third kappa shape index (κ3) is 5.21. The van der Waals surface area contributed by atoms with Crippen molar-refractivity contribution in [1.29, 1.82) is 0 Å². The van der Waals surface area contributed by atoms with Gasteiger partial charge in [-0.25, -0.2) is 0 Å². The first-order chi connectivity index (χ1) is 21.8. The van der Waals surface area contributed by atoms with Gasteiger partial charge in [-0.2, -0.15) is 0 Å². The van der Waals surface area contributed by atoms with E-state index in [9.17, 15) is 0 Å². The lowest BCUT2D eigenvalue weighted by Gasteiger charge is -2.59. The largest absolute Gasteiger partial charge is 0.373 e. The number of dihydropyridines is 1. The van der Waals surface area contributed by atoms with E-state index < -0.39 is 0 Å². The molecule has 3 nitrogen and oxygen atoms in total. The van der Waals surface area contributed by atoms with Crippen LogP contribution in [0, 0.1) is 82.9 Å². The summed E-state index contributed by atoms with van der Waals surface area (Å²) in [5, 5.41) is 3.74. The average Bonchev–Trinajstić information content (AvgIpc) is 3.07. The van der Waals surface area contributed by atoms with E-state index in [2.05, 4.69) is 36.0 Å². The van der Waals surface area contributed by atoms with Crippen molar-refractivity contribution in [3.8, 4) is 0 Å². The highest BCUT2D eigenvalue weighted by Gasteiger charge is 2.54. The van der Waals surface area contributed by atoms with Crippen LogP contribution in [0.2, 0.25) is 0 Å². The van der Waals surface area contributed by atoms with Crippen LogP contribution in [0.3, 0.4) is 0 Å². The molecule has 0 spiro atoms. The summed E-state index contributed by atoms with van der Waals surface area (Å²) in [6.45, 7) is 2.11. The van der Waals surface area contributed by atoms with E-state index in [1.165, 1.54) is 69.9 Å². The molecule has 0 saturated heterocycles. The first kappa shape index (κ1) is 28.8. The smallest absolute Gasteiger partial charge is 0.0799 e. The molecular formula is C41H61N3. The minimum absolute atomic E-state index is 0.210. The molecule has 8 saturated carbocycles. The van der Waals surface area contributed by atoms with Crippen LogP contribution in [0.1, 0.15) is 116 Å². The van der Waals surface area contributed by atoms with Gasteiger partial charge >= 0.3 is 0 Å². The normalized spacial score (nSPS) is 50.9. The summed E-state index contributed by atoms with van der Waals surface area (Å²) in [4.78, 5) is 10.3. The standard InChI is InChI=1S/C41H61N3/c1-4-26-10-12-30-14-16-32(36-20-18-28(6-1)38(26)40(30)36)22-42-24-34-8-3-9-35(44-34)25-43-23-33-17-15-31-13-11-27-5-2-7-29-19-21-37(33)41(31)39(27)29/h3,8-9,24-34,36-41,44H,1-2,4-7,10-23H2. The molecular weight excluding hydrogens is 534 g/mol. The Morgan fingerprint density at radius 2 is 1.02 bits per heavy atom. The van der Waals surface area contributed by atoms with Crippen LogP contribution >= 0.6 is 0 Å². The average molecular weight is 596 g/mol. The van der Waals surface area contributed by atoms with E-state index in [0.717, 1.165) is 95.9 Å². The van der Waals surface area contributed by atoms with Crippen LogP contribution in [0.25, 0.3) is 0 Å². The lowest BCUT2D eigenvalue weighted by atomic mass is 9.46. The number of nitrogens with one attached hydrogen (secondary N) is 1. The second kappa shape index (κ2) is 12.3. The fourth-order valence-electron chi connectivity index (χ4n) is 14.6. The SMILES string of the molecule is C1=CC(C=NCC2CCC3CCC4CCCC5CCC2C3C45)NC(C=NCC2CCC3CCC4CCCC5CCC2C3C45)=C1. The van der Waals surface area contributed by atoms with E-state index in [0.29, 0.717) is 0 Å². The van der Waals surface area contributed by atoms with Crippen LogP contribution in [-0.4, -0.2) is 31.6 Å². The molecule has 0 amide bonds. The first-order valence-electron chi connectivity index (χ1n) is 19.9. The van der Waals surface area contributed by atoms with E-state index in [1.54, 1.807) is 51.4 Å². The summed E-state index contributed by atoms with van der Waals surface area (Å²) in [6.07, 6.45) is 38.4. The second-order valence-corrected chi connectivity index (χ2v) is 17.7. The number of hydrogen-bond acceptors (Lipinski definition) is 3. The Morgan fingerprint density at radius 1 is 0.545 bits per heavy atom. The fraction of sp³-hybridized carbons (Fsp3) is 0.854. The van der Waals surface area contributed by atoms with Crippen LogP contribution in [-0.2, 0) is 0 Å². The Bertz CT molecular complexity index is 1140. The Hall–Kier alpha value is -1.38. The quantitative estimate of drug-likeness (QED) is 0.305. The van der Waals surface area contributed by atoms with Gasteiger partial charge in [-0.3, -0.25) is 9.98 Å². The van der Waals surface area contributed by atoms with Crippen molar-refractivity contribution in [2.24, 2.45) is 92.8 Å². The summed E-state index contributed by atoms with van der Waals surface area (Å²) >= 11 is 0. The van der Waals surface area contributed by atoms with Gasteiger partial charge in [0.1, 0.15) is 0 Å². The zero-order valence-electron chi connectivity index (χ0n) is 27.6. The van der Waals surface area contributed by atoms with Crippen molar-refractivity contribution in [3.63, 3.8) is 0 Å². The first-order valence-corrected chi connectivity index (χ1v) is 19.9. The predicted molar refractivity (Wildman–Crippen MR) is 183 cm³/mol. The molecule has 3 heteroatoms. The third-order valence-corrected chi connectivity index (χ3v) is 16.1. The maximum absolute atomic E-state index is 5.15. The highest BCUT2D eigenvalue weighted by Crippen LogP contribution is 2.62. The van der Waals surface area contributed by atoms with Gasteiger partial charge in [-0.1, -0.05) is 50.7 Å². The van der Waals surface area contributed by atoms with Gasteiger partial charge in [0, 0.05) is 25.5 Å². The van der Waals surface area contributed by atoms with Gasteiger partial charge in [0.05, 0.1) is 11.7 Å². The van der Waals surface area contributed by atoms with Crippen molar-refractivity contribution in [1.82, 2.24) is 5.32 Å². The lowest BCUT2D eigenvalue weighted by molar-refractivity contribution is -0.0947. The number of aliphatic imine (C=N–C) groups is 2. The van der Waals surface area contributed by atoms with Gasteiger partial charge in [0.2, 0.25) is 0 Å². The van der Waals surface area contributed by atoms with Crippen molar-refractivity contribution in [2.45, 2.75) is 122 Å². The predicted octanol–water partition coefficient (Wildman–Crippen LogP) is 9.30. The van der Waals surface area contributed by atoms with E-state index in [1.807, 2.05) is 0 Å². The van der Waals surface area contributed by atoms with Crippen molar-refractivity contribution in [2.75, 3.05) is 13.1 Å². The maximum atomic E-state index is 5.15. The second-order valence-electron chi connectivity index (χ2n) is 17.7. The Kier molecular flexibility index (Phi) is 8.08. The number of nitrogens with zero attached hydrogens (tertiary/aromatic N) is 2. The fourth-order valence-corrected chi connectivity index (χ4v) is 14.6. The molecule has 9 aliphatic rings. The zero-order valence-corrected chi connectivity index (χ0v) is 27.6. The molecule has 0 bridgehead atoms. The summed E-state index contributed by atoms with van der Waals surface area (Å²) in [6, 6.07) is 0.210. The summed E-state index contributed by atoms with van der Waals surface area (Å²) in [5.41, 5.74) is 1.18. The number of rotatable bonds is 6. The summed E-state index contributed by atoms with van der Waals surface area (Å²) in [7, 11) is 0. The van der Waals surface area contributed by atoms with Gasteiger partial charge < -0.3 is 5.32 Å². The van der Waals surface area contributed by atoms with E-state index in [-0.39, 0.29) is 6.04 Å². The summed E-state index contributed by atoms with van der Waals surface area (Å²) in [5.74, 6) is 14.2. The number of allylic oxidation sites excluding steroid dienone is 3. The molecule has 15 atom stereocenters. The molecule has 15 unspecified atom stereocenters. The van der Waals surface area contributed by atoms with Crippen LogP contribution in [0.4, 0.5) is 0 Å². The van der Waals surface area contributed by atoms with Gasteiger partial charge in [0.25, 0.3) is 0 Å². The highest BCUT2D eigenvalue weighted by atomic mass is 15.0. The van der Waals surface area contributed by atoms with Crippen molar-refractivity contribution in [3.05, 3.63) is 23.9 Å². The van der Waals surface area contributed by atoms with Crippen molar-refractivity contribution >= 4 is 12.4 Å². The minimum atomic E-state index is 0.210. The molecule has 8 fully saturated rings. The van der Waals surface area contributed by atoms with Crippen LogP contribution in [0.5, 0.6) is 0 Å². The molecule has 0 aromatic carbocycles. The monoisotopic (exact) mass is 595 g/mol. The Balaban J connectivity index is 0.789. The Morgan fingerprint density at radius 3 is 1.59 bits per heavy atom. The zero-order chi connectivity index (χ0) is 29.0. The minimum Gasteiger partial charge on any atom is -0.373 e. The Labute approximate surface area is 268 Å². The van der Waals surface area contributed by atoms with Crippen molar-refractivity contribution < 1.29 is 0 Å². The summed E-state index contributed by atoms with van der Waals surface area (Å²) < 4.78 is 0. The van der Waals surface area contributed by atoms with E-state index >= 15 is 0 Å². The molecule has 44 heavy (non-hydrogen) atoms. The maximum Gasteiger partial charge on any atom is 0.0799 e. The molecule has 0 aromatic heterocycles. The van der Waals surface area contributed by atoms with Crippen LogP contribution in [0.15, 0.2) is 33.9 Å². The third-order valence-electron chi connectivity index (χ3n) is 16.1. The molecule has 240 valence electrons. The molecule has 9 rings (SSSR count). The van der Waals surface area contributed by atoms with E-state index in [4.69, 9.17) is 9.98 Å². The lowest BCUT2D eigenvalue weighted by Crippen LogP contribution is -2.52. The molecule has 8 aliphatic carbocycles.